The molecule has 1 aromatic carbocycles. The van der Waals surface area contributed by atoms with Crippen LogP contribution in [-0.4, -0.2) is 5.11 Å². The van der Waals surface area contributed by atoms with Gasteiger partial charge in [0, 0.05) is 15.1 Å². The average Bonchev–Trinajstić information content (AvgIpc) is 2.33. The fraction of sp³-hybridized carbons (Fsp3) is 0.571. The Balaban J connectivity index is 2.02. The third-order valence-electron chi connectivity index (χ3n) is 3.60. The van der Waals surface area contributed by atoms with Crippen molar-refractivity contribution in [1.29, 1.82) is 0 Å². The summed E-state index contributed by atoms with van der Waals surface area (Å²) >= 11 is 9.55. The second-order valence-corrected chi connectivity index (χ2v) is 6.24. The van der Waals surface area contributed by atoms with Crippen molar-refractivity contribution in [3.63, 3.8) is 0 Å². The van der Waals surface area contributed by atoms with Gasteiger partial charge < -0.3 is 5.11 Å². The topological polar surface area (TPSA) is 20.2 Å². The van der Waals surface area contributed by atoms with Crippen LogP contribution in [0.4, 0.5) is 0 Å². The van der Waals surface area contributed by atoms with E-state index in [1.807, 2.05) is 18.2 Å². The van der Waals surface area contributed by atoms with Gasteiger partial charge in [-0.3, -0.25) is 0 Å². The summed E-state index contributed by atoms with van der Waals surface area (Å²) in [7, 11) is 0. The van der Waals surface area contributed by atoms with E-state index in [9.17, 15) is 5.11 Å². The number of benzene rings is 1. The molecule has 1 unspecified atom stereocenters. The lowest BCUT2D eigenvalue weighted by Gasteiger charge is -2.24. The summed E-state index contributed by atoms with van der Waals surface area (Å²) in [5.41, 5.74) is 0.853. The molecular weight excluding hydrogens is 300 g/mol. The number of hydrogen-bond donors (Lipinski definition) is 1. The fourth-order valence-electron chi connectivity index (χ4n) is 2.64. The minimum atomic E-state index is -0.428. The van der Waals surface area contributed by atoms with Crippen LogP contribution in [0.2, 0.25) is 5.02 Å². The number of aliphatic hydroxyl groups excluding tert-OH is 1. The van der Waals surface area contributed by atoms with Gasteiger partial charge in [-0.2, -0.15) is 0 Å². The van der Waals surface area contributed by atoms with E-state index >= 15 is 0 Å². The molecule has 94 valence electrons. The van der Waals surface area contributed by atoms with Crippen LogP contribution in [0.1, 0.15) is 50.2 Å². The van der Waals surface area contributed by atoms with Crippen LogP contribution >= 0.6 is 27.5 Å². The van der Waals surface area contributed by atoms with E-state index in [0.29, 0.717) is 10.9 Å². The molecule has 0 radical (unpaired) electrons. The van der Waals surface area contributed by atoms with E-state index in [1.165, 1.54) is 32.1 Å². The fourth-order valence-corrected chi connectivity index (χ4v) is 3.26. The summed E-state index contributed by atoms with van der Waals surface area (Å²) in [5, 5.41) is 10.9. The number of aliphatic hydroxyl groups is 1. The molecule has 1 N–H and O–H groups in total. The van der Waals surface area contributed by atoms with Gasteiger partial charge in [0.25, 0.3) is 0 Å². The minimum absolute atomic E-state index is 0.428. The van der Waals surface area contributed by atoms with E-state index in [4.69, 9.17) is 11.6 Å². The molecule has 1 aliphatic rings. The highest BCUT2D eigenvalue weighted by molar-refractivity contribution is 9.10. The normalized spacial score (nSPS) is 19.2. The van der Waals surface area contributed by atoms with Crippen molar-refractivity contribution in [3.05, 3.63) is 33.3 Å². The maximum atomic E-state index is 10.3. The van der Waals surface area contributed by atoms with Crippen molar-refractivity contribution in [2.75, 3.05) is 0 Å². The highest BCUT2D eigenvalue weighted by atomic mass is 79.9. The van der Waals surface area contributed by atoms with Gasteiger partial charge in [0.15, 0.2) is 0 Å². The van der Waals surface area contributed by atoms with Gasteiger partial charge in [-0.25, -0.2) is 0 Å². The Hall–Kier alpha value is -0.0500. The molecule has 3 heteroatoms. The first-order valence-corrected chi connectivity index (χ1v) is 7.47. The van der Waals surface area contributed by atoms with Crippen LogP contribution in [0.25, 0.3) is 0 Å². The Labute approximate surface area is 116 Å². The maximum absolute atomic E-state index is 10.3. The third-order valence-corrected chi connectivity index (χ3v) is 4.44. The Morgan fingerprint density at radius 1 is 1.29 bits per heavy atom. The first kappa shape index (κ1) is 13.4. The first-order chi connectivity index (χ1) is 8.16. The van der Waals surface area contributed by atoms with Crippen molar-refractivity contribution in [2.24, 2.45) is 5.92 Å². The van der Waals surface area contributed by atoms with Crippen LogP contribution in [0.3, 0.4) is 0 Å². The lowest BCUT2D eigenvalue weighted by Crippen LogP contribution is -2.11. The van der Waals surface area contributed by atoms with Crippen molar-refractivity contribution >= 4 is 27.5 Å². The number of hydrogen-bond acceptors (Lipinski definition) is 1. The first-order valence-electron chi connectivity index (χ1n) is 6.30. The zero-order valence-electron chi connectivity index (χ0n) is 9.83. The van der Waals surface area contributed by atoms with Crippen LogP contribution < -0.4 is 0 Å². The zero-order chi connectivity index (χ0) is 12.3. The predicted molar refractivity (Wildman–Crippen MR) is 75.3 cm³/mol. The maximum Gasteiger partial charge on any atom is 0.0807 e. The number of halogens is 2. The number of rotatable bonds is 3. The van der Waals surface area contributed by atoms with Crippen LogP contribution in [0, 0.1) is 5.92 Å². The second kappa shape index (κ2) is 6.21. The van der Waals surface area contributed by atoms with Crippen molar-refractivity contribution < 1.29 is 5.11 Å². The van der Waals surface area contributed by atoms with E-state index in [1.54, 1.807) is 0 Å². The van der Waals surface area contributed by atoms with E-state index < -0.39 is 6.10 Å². The molecule has 17 heavy (non-hydrogen) atoms. The Bertz CT molecular complexity index is 374. The SMILES string of the molecule is OC(CC1CCCCC1)c1cc(Br)ccc1Cl. The molecule has 2 rings (SSSR count). The zero-order valence-corrected chi connectivity index (χ0v) is 12.2. The molecule has 1 aromatic rings. The largest absolute Gasteiger partial charge is 0.388 e. The smallest absolute Gasteiger partial charge is 0.0807 e. The summed E-state index contributed by atoms with van der Waals surface area (Å²) in [6.45, 7) is 0. The van der Waals surface area contributed by atoms with Crippen molar-refractivity contribution in [2.45, 2.75) is 44.6 Å². The quantitative estimate of drug-likeness (QED) is 0.821. The lowest BCUT2D eigenvalue weighted by molar-refractivity contribution is 0.131. The molecular formula is C14H18BrClO. The molecule has 0 aromatic heterocycles. The second-order valence-electron chi connectivity index (χ2n) is 4.92. The van der Waals surface area contributed by atoms with Crippen molar-refractivity contribution in [1.82, 2.24) is 0 Å². The van der Waals surface area contributed by atoms with Gasteiger partial charge in [-0.05, 0) is 30.5 Å². The third kappa shape index (κ3) is 3.70. The summed E-state index contributed by atoms with van der Waals surface area (Å²) in [6.07, 6.45) is 6.89. The summed E-state index contributed by atoms with van der Waals surface area (Å²) in [6, 6.07) is 5.67. The molecule has 0 saturated heterocycles. The molecule has 0 bridgehead atoms. The Kier molecular flexibility index (Phi) is 4.89. The Morgan fingerprint density at radius 3 is 2.71 bits per heavy atom. The van der Waals surface area contributed by atoms with Crippen LogP contribution in [0.5, 0.6) is 0 Å². The van der Waals surface area contributed by atoms with Gasteiger partial charge in [-0.15, -0.1) is 0 Å². The van der Waals surface area contributed by atoms with Gasteiger partial charge in [0.2, 0.25) is 0 Å². The molecule has 0 heterocycles. The van der Waals surface area contributed by atoms with E-state index in [2.05, 4.69) is 15.9 Å². The van der Waals surface area contributed by atoms with Gasteiger partial charge >= 0.3 is 0 Å². The molecule has 1 saturated carbocycles. The van der Waals surface area contributed by atoms with Gasteiger partial charge in [0.1, 0.15) is 0 Å². The minimum Gasteiger partial charge on any atom is -0.388 e. The van der Waals surface area contributed by atoms with E-state index in [-0.39, 0.29) is 0 Å². The van der Waals surface area contributed by atoms with E-state index in [0.717, 1.165) is 16.5 Å². The van der Waals surface area contributed by atoms with Crippen LogP contribution in [0.15, 0.2) is 22.7 Å². The molecule has 0 amide bonds. The molecule has 0 aliphatic heterocycles. The van der Waals surface area contributed by atoms with Crippen molar-refractivity contribution in [3.8, 4) is 0 Å². The molecule has 1 atom stereocenters. The molecule has 1 aliphatic carbocycles. The molecule has 1 nitrogen and oxygen atoms in total. The summed E-state index contributed by atoms with van der Waals surface area (Å²) in [4.78, 5) is 0. The van der Waals surface area contributed by atoms with Gasteiger partial charge in [-0.1, -0.05) is 59.6 Å². The van der Waals surface area contributed by atoms with Gasteiger partial charge in [0.05, 0.1) is 6.10 Å². The summed E-state index contributed by atoms with van der Waals surface area (Å²) < 4.78 is 0.972. The molecule has 0 spiro atoms. The monoisotopic (exact) mass is 316 g/mol. The van der Waals surface area contributed by atoms with Crippen LogP contribution in [-0.2, 0) is 0 Å². The Morgan fingerprint density at radius 2 is 2.00 bits per heavy atom. The highest BCUT2D eigenvalue weighted by Gasteiger charge is 2.20. The highest BCUT2D eigenvalue weighted by Crippen LogP contribution is 2.35. The molecule has 1 fully saturated rings. The average molecular weight is 318 g/mol. The summed E-state index contributed by atoms with van der Waals surface area (Å²) in [5.74, 6) is 0.661. The lowest BCUT2D eigenvalue weighted by atomic mass is 9.84. The standard InChI is InChI=1S/C14H18BrClO/c15-11-6-7-13(16)12(9-11)14(17)8-10-4-2-1-3-5-10/h6-7,9-10,14,17H,1-5,8H2. The predicted octanol–water partition coefficient (Wildman–Crippen LogP) is 5.11.